The maximum absolute atomic E-state index is 13.2. The van der Waals surface area contributed by atoms with Gasteiger partial charge in [-0.3, -0.25) is 9.78 Å². The largest absolute Gasteiger partial charge is 0.339 e. The first-order valence-corrected chi connectivity index (χ1v) is 14.8. The van der Waals surface area contributed by atoms with Gasteiger partial charge in [-0.05, 0) is 85.5 Å². The highest BCUT2D eigenvalue weighted by atomic mass is 35.5. The highest BCUT2D eigenvalue weighted by Crippen LogP contribution is 2.30. The van der Waals surface area contributed by atoms with Crippen LogP contribution in [0.25, 0.3) is 0 Å². The van der Waals surface area contributed by atoms with E-state index >= 15 is 0 Å². The lowest BCUT2D eigenvalue weighted by Gasteiger charge is -2.32. The standard InChI is InChI=1S/C32H33ClN8O2/c1-20-4-2-3-5-27(20)39-32(43)41-12-10-21(11-13-41)15-29(42)38-28-9-8-24-16-23(28)7-6-22-14-25(18-34-17-22)37-31-35-19-26(33)30(36-24)40-31/h2-5,8-9,14,16-19,21H,6-7,10-13,15H2,1H3,(H,38,42)(H,39,43)(H2,35,36,37,40). The van der Waals surface area contributed by atoms with Gasteiger partial charge in [0.1, 0.15) is 5.02 Å². The molecule has 0 atom stereocenters. The molecule has 0 saturated carbocycles. The second-order valence-corrected chi connectivity index (χ2v) is 11.4. The van der Waals surface area contributed by atoms with Crippen molar-refractivity contribution in [2.24, 2.45) is 5.92 Å². The van der Waals surface area contributed by atoms with Gasteiger partial charge in [0.2, 0.25) is 11.9 Å². The SMILES string of the molecule is Cc1ccccc1NC(=O)N1CCC(CC(=O)Nc2ccc3cc2CCc2cncc(c2)Nc2ncc(Cl)c(n2)N3)CC1. The van der Waals surface area contributed by atoms with E-state index < -0.39 is 0 Å². The molecule has 3 amide bonds. The number of amides is 3. The predicted octanol–water partition coefficient (Wildman–Crippen LogP) is 6.69. The number of aryl methyl sites for hydroxylation is 3. The lowest BCUT2D eigenvalue weighted by Crippen LogP contribution is -2.41. The number of anilines is 6. The van der Waals surface area contributed by atoms with Gasteiger partial charge < -0.3 is 26.2 Å². The number of nitrogens with one attached hydrogen (secondary N) is 4. The quantitative estimate of drug-likeness (QED) is 0.207. The molecule has 2 aliphatic heterocycles. The van der Waals surface area contributed by atoms with Crippen molar-refractivity contribution in [2.45, 2.75) is 39.0 Å². The minimum Gasteiger partial charge on any atom is -0.339 e. The van der Waals surface area contributed by atoms with E-state index in [1.165, 1.54) is 0 Å². The molecule has 0 aliphatic carbocycles. The number of pyridine rings is 1. The summed E-state index contributed by atoms with van der Waals surface area (Å²) in [5, 5.41) is 13.0. The van der Waals surface area contributed by atoms with Gasteiger partial charge in [0.05, 0.1) is 18.1 Å². The van der Waals surface area contributed by atoms with Crippen LogP contribution in [-0.2, 0) is 17.6 Å². The molecule has 11 heteroatoms. The molecule has 2 aliphatic rings. The van der Waals surface area contributed by atoms with Crippen molar-refractivity contribution in [2.75, 3.05) is 34.4 Å². The first-order chi connectivity index (χ1) is 20.9. The maximum Gasteiger partial charge on any atom is 0.321 e. The summed E-state index contributed by atoms with van der Waals surface area (Å²) in [7, 11) is 0. The average Bonchev–Trinajstić information content (AvgIpc) is 3.00. The molecule has 43 heavy (non-hydrogen) atoms. The third-order valence-corrected chi connectivity index (χ3v) is 8.16. The van der Waals surface area contributed by atoms with E-state index in [-0.39, 0.29) is 17.9 Å². The normalized spacial score (nSPS) is 14.7. The Balaban J connectivity index is 1.11. The minimum atomic E-state index is -0.0955. The van der Waals surface area contributed by atoms with Crippen molar-refractivity contribution in [1.82, 2.24) is 19.9 Å². The number of carbonyl (C=O) groups excluding carboxylic acids is 2. The Labute approximate surface area is 255 Å². The number of urea groups is 1. The average molecular weight is 597 g/mol. The number of carbonyl (C=O) groups is 2. The molecular weight excluding hydrogens is 564 g/mol. The van der Waals surface area contributed by atoms with E-state index in [1.54, 1.807) is 12.4 Å². The molecule has 0 unspecified atom stereocenters. The number of likely N-dealkylation sites (tertiary alicyclic amines) is 1. The van der Waals surface area contributed by atoms with Gasteiger partial charge in [0.15, 0.2) is 5.82 Å². The number of fused-ring (bicyclic) bond motifs is 6. The van der Waals surface area contributed by atoms with E-state index in [1.807, 2.05) is 66.6 Å². The van der Waals surface area contributed by atoms with E-state index in [0.717, 1.165) is 58.7 Å². The maximum atomic E-state index is 13.2. The molecule has 2 aromatic carbocycles. The Morgan fingerprint density at radius 1 is 0.953 bits per heavy atom. The third-order valence-electron chi connectivity index (χ3n) is 7.88. The zero-order chi connectivity index (χ0) is 29.8. The van der Waals surface area contributed by atoms with Crippen molar-refractivity contribution in [3.05, 3.63) is 88.8 Å². The molecule has 4 N–H and O–H groups in total. The van der Waals surface area contributed by atoms with E-state index in [2.05, 4.69) is 36.2 Å². The summed E-state index contributed by atoms with van der Waals surface area (Å²) in [5.74, 6) is 1.07. The zero-order valence-corrected chi connectivity index (χ0v) is 24.6. The summed E-state index contributed by atoms with van der Waals surface area (Å²) in [6.45, 7) is 3.22. The van der Waals surface area contributed by atoms with Gasteiger partial charge in [0, 0.05) is 42.8 Å². The monoisotopic (exact) mass is 596 g/mol. The second-order valence-electron chi connectivity index (χ2n) is 11.0. The third kappa shape index (κ3) is 7.03. The summed E-state index contributed by atoms with van der Waals surface area (Å²) >= 11 is 6.38. The Morgan fingerprint density at radius 3 is 2.63 bits per heavy atom. The topological polar surface area (TPSA) is 124 Å². The van der Waals surface area contributed by atoms with Crippen molar-refractivity contribution >= 4 is 58.1 Å². The number of para-hydroxylation sites is 1. The molecule has 1 saturated heterocycles. The molecule has 2 aromatic heterocycles. The van der Waals surface area contributed by atoms with Crippen molar-refractivity contribution in [1.29, 1.82) is 0 Å². The van der Waals surface area contributed by atoms with Crippen LogP contribution < -0.4 is 21.3 Å². The number of rotatable bonds is 4. The fraction of sp³-hybridized carbons (Fsp3) is 0.281. The van der Waals surface area contributed by atoms with Crippen LogP contribution in [0.3, 0.4) is 0 Å². The Bertz CT molecular complexity index is 1650. The predicted molar refractivity (Wildman–Crippen MR) is 169 cm³/mol. The second kappa shape index (κ2) is 12.7. The first-order valence-electron chi connectivity index (χ1n) is 14.4. The summed E-state index contributed by atoms with van der Waals surface area (Å²) in [5.41, 5.74) is 6.25. The van der Waals surface area contributed by atoms with Crippen LogP contribution in [0.15, 0.2) is 67.1 Å². The number of aromatic nitrogens is 3. The molecule has 10 nitrogen and oxygen atoms in total. The summed E-state index contributed by atoms with van der Waals surface area (Å²) < 4.78 is 0. The highest BCUT2D eigenvalue weighted by molar-refractivity contribution is 6.32. The lowest BCUT2D eigenvalue weighted by molar-refractivity contribution is -0.117. The Kier molecular flexibility index (Phi) is 8.37. The molecule has 4 heterocycles. The number of benzene rings is 2. The van der Waals surface area contributed by atoms with Gasteiger partial charge in [-0.15, -0.1) is 0 Å². The van der Waals surface area contributed by atoms with E-state index in [9.17, 15) is 9.59 Å². The van der Waals surface area contributed by atoms with Crippen LogP contribution in [0.4, 0.5) is 39.3 Å². The zero-order valence-electron chi connectivity index (χ0n) is 23.9. The fourth-order valence-corrected chi connectivity index (χ4v) is 5.60. The lowest BCUT2D eigenvalue weighted by atomic mass is 9.93. The summed E-state index contributed by atoms with van der Waals surface area (Å²) in [6, 6.07) is 15.5. The van der Waals surface area contributed by atoms with Gasteiger partial charge >= 0.3 is 6.03 Å². The Morgan fingerprint density at radius 2 is 1.79 bits per heavy atom. The number of hydrogen-bond donors (Lipinski definition) is 4. The Hall–Kier alpha value is -4.70. The molecule has 6 rings (SSSR count). The van der Waals surface area contributed by atoms with Crippen LogP contribution in [0, 0.1) is 12.8 Å². The van der Waals surface area contributed by atoms with Gasteiger partial charge in [-0.2, -0.15) is 4.98 Å². The molecule has 4 aromatic rings. The van der Waals surface area contributed by atoms with Crippen molar-refractivity contribution in [3.63, 3.8) is 0 Å². The molecule has 0 spiro atoms. The smallest absolute Gasteiger partial charge is 0.321 e. The van der Waals surface area contributed by atoms with Crippen LogP contribution >= 0.6 is 11.6 Å². The van der Waals surface area contributed by atoms with Crippen LogP contribution in [-0.4, -0.2) is 44.9 Å². The molecule has 220 valence electrons. The van der Waals surface area contributed by atoms with Gasteiger partial charge in [-0.25, -0.2) is 9.78 Å². The molecule has 0 radical (unpaired) electrons. The number of halogens is 1. The molecular formula is C32H33ClN8O2. The molecule has 1 fully saturated rings. The van der Waals surface area contributed by atoms with Crippen molar-refractivity contribution < 1.29 is 9.59 Å². The minimum absolute atomic E-state index is 0.0287. The van der Waals surface area contributed by atoms with Crippen LogP contribution in [0.2, 0.25) is 5.02 Å². The van der Waals surface area contributed by atoms with Gasteiger partial charge in [-0.1, -0.05) is 29.8 Å². The number of piperidine rings is 1. The first kappa shape index (κ1) is 28.4. The van der Waals surface area contributed by atoms with Crippen LogP contribution in [0.1, 0.15) is 36.0 Å². The van der Waals surface area contributed by atoms with Crippen molar-refractivity contribution in [3.8, 4) is 0 Å². The highest BCUT2D eigenvalue weighted by Gasteiger charge is 2.25. The molecule has 6 bridgehead atoms. The van der Waals surface area contributed by atoms with Gasteiger partial charge in [0.25, 0.3) is 0 Å². The van der Waals surface area contributed by atoms with E-state index in [0.29, 0.717) is 42.7 Å². The van der Waals surface area contributed by atoms with E-state index in [4.69, 9.17) is 11.6 Å². The fourth-order valence-electron chi connectivity index (χ4n) is 5.46. The number of hydrogen-bond acceptors (Lipinski definition) is 7. The number of nitrogens with zero attached hydrogens (tertiary/aromatic N) is 4. The summed E-state index contributed by atoms with van der Waals surface area (Å²) in [4.78, 5) is 41.0. The van der Waals surface area contributed by atoms with Crippen LogP contribution in [0.5, 0.6) is 0 Å². The summed E-state index contributed by atoms with van der Waals surface area (Å²) in [6.07, 6.45) is 8.51.